The number of nitro groups is 1. The van der Waals surface area contributed by atoms with Gasteiger partial charge in [-0.3, -0.25) is 19.6 Å². The van der Waals surface area contributed by atoms with Crippen molar-refractivity contribution in [1.29, 1.82) is 0 Å². The number of nitrogens with zero attached hydrogens (tertiary/aromatic N) is 1. The molecule has 0 aliphatic rings. The van der Waals surface area contributed by atoms with Crippen molar-refractivity contribution in [2.45, 2.75) is 12.8 Å². The molecule has 0 heterocycles. The lowest BCUT2D eigenvalue weighted by molar-refractivity contribution is -0.384. The molecule has 1 rings (SSSR count). The molecule has 1 aromatic carbocycles. The monoisotopic (exact) mass is 380 g/mol. The number of nitrogens with one attached hydrogen (secondary N) is 1. The predicted octanol–water partition coefficient (Wildman–Crippen LogP) is 2.05. The third-order valence-electron chi connectivity index (χ3n) is 2.44. The maximum atomic E-state index is 11.8. The number of rotatable bonds is 7. The molecule has 1 aromatic rings. The van der Waals surface area contributed by atoms with E-state index in [1.54, 1.807) is 0 Å². The lowest BCUT2D eigenvalue weighted by Gasteiger charge is -2.08. The number of anilines is 1. The van der Waals surface area contributed by atoms with Crippen molar-refractivity contribution in [3.63, 3.8) is 0 Å². The van der Waals surface area contributed by atoms with Gasteiger partial charge in [-0.25, -0.2) is 8.42 Å². The van der Waals surface area contributed by atoms with Gasteiger partial charge in [-0.2, -0.15) is 0 Å². The van der Waals surface area contributed by atoms with Crippen LogP contribution in [0.25, 0.3) is 0 Å². The number of benzene rings is 1. The molecule has 0 unspecified atom stereocenters. The number of ether oxygens (including phenoxy) is 1. The van der Waals surface area contributed by atoms with Gasteiger partial charge in [0.05, 0.1) is 17.8 Å². The number of methoxy groups -OCH3 is 1. The van der Waals surface area contributed by atoms with Gasteiger partial charge in [0, 0.05) is 17.0 Å². The summed E-state index contributed by atoms with van der Waals surface area (Å²) in [6, 6.07) is 3.98. The Kier molecular flexibility index (Phi) is 6.09. The van der Waals surface area contributed by atoms with E-state index < -0.39 is 20.9 Å². The highest BCUT2D eigenvalue weighted by Crippen LogP contribution is 2.28. The van der Waals surface area contributed by atoms with E-state index in [4.69, 9.17) is 0 Å². The molecular formula is C11H13BrN2O6S. The Morgan fingerprint density at radius 2 is 2.14 bits per heavy atom. The van der Waals surface area contributed by atoms with Crippen LogP contribution in [0.5, 0.6) is 0 Å². The van der Waals surface area contributed by atoms with Crippen molar-refractivity contribution < 1.29 is 22.9 Å². The summed E-state index contributed by atoms with van der Waals surface area (Å²) in [6.45, 7) is 0. The van der Waals surface area contributed by atoms with Crippen molar-refractivity contribution in [2.24, 2.45) is 0 Å². The number of nitro benzene ring substituents is 1. The topological polar surface area (TPSA) is 116 Å². The summed E-state index contributed by atoms with van der Waals surface area (Å²) in [5, 5.41) is 10.9. The Morgan fingerprint density at radius 1 is 1.48 bits per heavy atom. The number of carbonyl (C=O) groups excluding carboxylic acids is 1. The molecule has 0 amide bonds. The second-order valence-electron chi connectivity index (χ2n) is 4.02. The molecule has 0 spiro atoms. The first-order valence-electron chi connectivity index (χ1n) is 5.76. The number of carbonyl (C=O) groups is 1. The first-order valence-corrected chi connectivity index (χ1v) is 8.21. The largest absolute Gasteiger partial charge is 0.469 e. The number of sulfonamides is 1. The maximum absolute atomic E-state index is 11.8. The third-order valence-corrected chi connectivity index (χ3v) is 4.29. The fourth-order valence-corrected chi connectivity index (χ4v) is 2.95. The summed E-state index contributed by atoms with van der Waals surface area (Å²) in [5.41, 5.74) is -0.484. The first-order chi connectivity index (χ1) is 9.75. The van der Waals surface area contributed by atoms with Crippen LogP contribution in [0.15, 0.2) is 22.7 Å². The van der Waals surface area contributed by atoms with Crippen LogP contribution in [0.1, 0.15) is 12.8 Å². The summed E-state index contributed by atoms with van der Waals surface area (Å²) >= 11 is 3.08. The van der Waals surface area contributed by atoms with Crippen LogP contribution in [-0.4, -0.2) is 32.2 Å². The van der Waals surface area contributed by atoms with Gasteiger partial charge in [-0.05, 0) is 18.6 Å². The van der Waals surface area contributed by atoms with Gasteiger partial charge in [0.2, 0.25) is 10.0 Å². The molecule has 8 nitrogen and oxygen atoms in total. The standard InChI is InChI=1S/C11H13BrN2O6S/c1-20-11(15)3-2-6-21(18,19)13-9-5-4-8(12)7-10(9)14(16)17/h4-5,7,13H,2-3,6H2,1H3. The number of halogens is 1. The van der Waals surface area contributed by atoms with Crippen LogP contribution in [0.4, 0.5) is 11.4 Å². The number of esters is 1. The van der Waals surface area contributed by atoms with E-state index in [9.17, 15) is 23.3 Å². The minimum atomic E-state index is -3.78. The summed E-state index contributed by atoms with van der Waals surface area (Å²) in [6.07, 6.45) is 0.0200. The number of hydrogen-bond donors (Lipinski definition) is 1. The highest BCUT2D eigenvalue weighted by atomic mass is 79.9. The van der Waals surface area contributed by atoms with Crippen molar-refractivity contribution >= 4 is 43.3 Å². The Bertz CT molecular complexity index is 646. The smallest absolute Gasteiger partial charge is 0.305 e. The zero-order valence-electron chi connectivity index (χ0n) is 11.0. The molecule has 0 atom stereocenters. The van der Waals surface area contributed by atoms with Crippen molar-refractivity contribution in [3.8, 4) is 0 Å². The van der Waals surface area contributed by atoms with E-state index in [2.05, 4.69) is 25.4 Å². The normalized spacial score (nSPS) is 11.0. The quantitative estimate of drug-likeness (QED) is 0.439. The van der Waals surface area contributed by atoms with Crippen LogP contribution in [0.3, 0.4) is 0 Å². The van der Waals surface area contributed by atoms with Gasteiger partial charge < -0.3 is 4.74 Å². The molecule has 0 saturated heterocycles. The lowest BCUT2D eigenvalue weighted by atomic mass is 10.3. The zero-order chi connectivity index (χ0) is 16.0. The van der Waals surface area contributed by atoms with Gasteiger partial charge in [0.25, 0.3) is 5.69 Å². The average Bonchev–Trinajstić information content (AvgIpc) is 2.39. The molecule has 0 radical (unpaired) electrons. The fraction of sp³-hybridized carbons (Fsp3) is 0.364. The van der Waals surface area contributed by atoms with E-state index in [0.717, 1.165) is 0 Å². The van der Waals surface area contributed by atoms with Gasteiger partial charge >= 0.3 is 5.97 Å². The summed E-state index contributed by atoms with van der Waals surface area (Å²) < 4.78 is 30.7. The van der Waals surface area contributed by atoms with Gasteiger partial charge in [0.1, 0.15) is 5.69 Å². The summed E-state index contributed by atoms with van der Waals surface area (Å²) in [5.74, 6) is -0.852. The minimum absolute atomic E-state index is 0.0418. The average molecular weight is 381 g/mol. The van der Waals surface area contributed by atoms with Crippen LogP contribution >= 0.6 is 15.9 Å². The van der Waals surface area contributed by atoms with Crippen LogP contribution in [0, 0.1) is 10.1 Å². The van der Waals surface area contributed by atoms with Crippen molar-refractivity contribution in [1.82, 2.24) is 0 Å². The fourth-order valence-electron chi connectivity index (χ4n) is 1.47. The second kappa shape index (κ2) is 7.36. The maximum Gasteiger partial charge on any atom is 0.305 e. The van der Waals surface area contributed by atoms with Crippen LogP contribution in [-0.2, 0) is 19.6 Å². The molecule has 0 aromatic heterocycles. The van der Waals surface area contributed by atoms with Crippen LogP contribution < -0.4 is 4.72 Å². The molecule has 0 saturated carbocycles. The molecule has 21 heavy (non-hydrogen) atoms. The summed E-state index contributed by atoms with van der Waals surface area (Å²) in [7, 11) is -2.58. The first kappa shape index (κ1) is 17.4. The molecule has 0 aliphatic carbocycles. The molecular weight excluding hydrogens is 368 g/mol. The van der Waals surface area contributed by atoms with E-state index in [0.29, 0.717) is 4.47 Å². The minimum Gasteiger partial charge on any atom is -0.469 e. The van der Waals surface area contributed by atoms with Gasteiger partial charge in [0.15, 0.2) is 0 Å². The molecule has 10 heteroatoms. The Labute approximate surface area is 129 Å². The van der Waals surface area contributed by atoms with Crippen LogP contribution in [0.2, 0.25) is 0 Å². The predicted molar refractivity (Wildman–Crippen MR) is 79.5 cm³/mol. The molecule has 0 fully saturated rings. The highest BCUT2D eigenvalue weighted by Gasteiger charge is 2.19. The Hall–Kier alpha value is -1.68. The third kappa shape index (κ3) is 5.68. The lowest BCUT2D eigenvalue weighted by Crippen LogP contribution is -2.18. The molecule has 1 N–H and O–H groups in total. The molecule has 0 aliphatic heterocycles. The zero-order valence-corrected chi connectivity index (χ0v) is 13.4. The SMILES string of the molecule is COC(=O)CCCS(=O)(=O)Nc1ccc(Br)cc1[N+](=O)[O-]. The van der Waals surface area contributed by atoms with Gasteiger partial charge in [-0.15, -0.1) is 0 Å². The van der Waals surface area contributed by atoms with E-state index >= 15 is 0 Å². The Morgan fingerprint density at radius 3 is 2.71 bits per heavy atom. The second-order valence-corrected chi connectivity index (χ2v) is 6.78. The Balaban J connectivity index is 2.80. The van der Waals surface area contributed by atoms with Crippen molar-refractivity contribution in [2.75, 3.05) is 17.6 Å². The molecule has 0 bridgehead atoms. The van der Waals surface area contributed by atoms with Crippen molar-refractivity contribution in [3.05, 3.63) is 32.8 Å². The molecule has 116 valence electrons. The van der Waals surface area contributed by atoms with E-state index in [-0.39, 0.29) is 30.0 Å². The number of hydrogen-bond acceptors (Lipinski definition) is 6. The highest BCUT2D eigenvalue weighted by molar-refractivity contribution is 9.10. The summed E-state index contributed by atoms with van der Waals surface area (Å²) in [4.78, 5) is 21.1. The van der Waals surface area contributed by atoms with E-state index in [1.807, 2.05) is 0 Å². The van der Waals surface area contributed by atoms with Gasteiger partial charge in [-0.1, -0.05) is 15.9 Å². The van der Waals surface area contributed by atoms with E-state index in [1.165, 1.54) is 25.3 Å².